The largest absolute Gasteiger partial charge is 0.388 e. The number of nitrogens with one attached hydrogen (secondary N) is 2. The van der Waals surface area contributed by atoms with E-state index in [0.29, 0.717) is 11.8 Å². The molecule has 1 atom stereocenters. The normalized spacial score (nSPS) is 19.9. The first-order valence-electron chi connectivity index (χ1n) is 8.88. The number of hydrogen-bond acceptors (Lipinski definition) is 3. The minimum Gasteiger partial charge on any atom is -0.388 e. The van der Waals surface area contributed by atoms with Crippen molar-refractivity contribution in [3.8, 4) is 0 Å². The Kier molecular flexibility index (Phi) is 4.43. The quantitative estimate of drug-likeness (QED) is 0.630. The van der Waals surface area contributed by atoms with Crippen molar-refractivity contribution in [1.82, 2.24) is 10.3 Å². The lowest BCUT2D eigenvalue weighted by atomic mass is 9.94. The van der Waals surface area contributed by atoms with Gasteiger partial charge in [-0.3, -0.25) is 4.99 Å². The summed E-state index contributed by atoms with van der Waals surface area (Å²) in [4.78, 5) is 8.11. The number of H-pyrrole nitrogens is 1. The van der Waals surface area contributed by atoms with Crippen molar-refractivity contribution in [2.75, 3.05) is 0 Å². The number of nitrogens with zero attached hydrogens (tertiary/aromatic N) is 1. The average Bonchev–Trinajstić information content (AvgIpc) is 3.40. The first-order chi connectivity index (χ1) is 11.3. The van der Waals surface area contributed by atoms with Gasteiger partial charge in [0.1, 0.15) is 0 Å². The highest BCUT2D eigenvalue weighted by atomic mass is 16.3. The number of aliphatic hydroxyl groups is 1. The van der Waals surface area contributed by atoms with Crippen LogP contribution in [0.4, 0.5) is 5.69 Å². The van der Waals surface area contributed by atoms with Crippen LogP contribution in [0.3, 0.4) is 0 Å². The van der Waals surface area contributed by atoms with Gasteiger partial charge in [0.25, 0.3) is 0 Å². The van der Waals surface area contributed by atoms with Gasteiger partial charge in [-0.15, -0.1) is 0 Å². The molecule has 4 nitrogen and oxygen atoms in total. The van der Waals surface area contributed by atoms with Crippen LogP contribution in [-0.2, 0) is 0 Å². The van der Waals surface area contributed by atoms with E-state index in [0.717, 1.165) is 41.2 Å². The van der Waals surface area contributed by atoms with Crippen LogP contribution in [0.25, 0.3) is 5.70 Å². The summed E-state index contributed by atoms with van der Waals surface area (Å²) in [6.07, 6.45) is 8.54. The van der Waals surface area contributed by atoms with Crippen molar-refractivity contribution in [1.29, 1.82) is 0 Å². The van der Waals surface area contributed by atoms with Crippen LogP contribution in [0.5, 0.6) is 0 Å². The molecule has 0 unspecified atom stereocenters. The molecule has 1 aromatic rings. The van der Waals surface area contributed by atoms with Crippen LogP contribution in [0.15, 0.2) is 30.4 Å². The van der Waals surface area contributed by atoms with Gasteiger partial charge in [-0.25, -0.2) is 0 Å². The fourth-order valence-electron chi connectivity index (χ4n) is 3.27. The number of hydrogen-bond donors (Lipinski definition) is 3. The summed E-state index contributed by atoms with van der Waals surface area (Å²) in [5, 5.41) is 13.9. The van der Waals surface area contributed by atoms with Crippen LogP contribution < -0.4 is 5.32 Å². The summed E-state index contributed by atoms with van der Waals surface area (Å²) in [5.74, 6) is 1.07. The molecule has 0 radical (unpaired) electrons. The van der Waals surface area contributed by atoms with Gasteiger partial charge in [-0.1, -0.05) is 13.2 Å². The maximum atomic E-state index is 10.5. The number of aryl methyl sites for hydroxylation is 1. The fraction of sp³-hybridized carbons (Fsp3) is 0.550. The molecule has 0 spiro atoms. The number of aromatic amines is 1. The van der Waals surface area contributed by atoms with Crippen LogP contribution >= 0.6 is 0 Å². The maximum absolute atomic E-state index is 10.5. The van der Waals surface area contributed by atoms with Crippen LogP contribution in [0.1, 0.15) is 50.8 Å². The highest BCUT2D eigenvalue weighted by molar-refractivity contribution is 6.00. The third kappa shape index (κ3) is 3.64. The summed E-state index contributed by atoms with van der Waals surface area (Å²) in [6, 6.07) is 0.0133. The smallest absolute Gasteiger partial charge is 0.0930 e. The molecule has 0 aromatic carbocycles. The van der Waals surface area contributed by atoms with E-state index in [4.69, 9.17) is 4.99 Å². The minimum absolute atomic E-state index is 0.0133. The molecule has 2 saturated carbocycles. The lowest BCUT2D eigenvalue weighted by Crippen LogP contribution is -2.47. The van der Waals surface area contributed by atoms with E-state index >= 15 is 0 Å². The number of aliphatic imine (C=N–C) groups is 1. The zero-order chi connectivity index (χ0) is 17.5. The Balaban J connectivity index is 1.84. The Morgan fingerprint density at radius 1 is 1.42 bits per heavy atom. The molecule has 1 heterocycles. The van der Waals surface area contributed by atoms with Gasteiger partial charge in [0, 0.05) is 34.8 Å². The van der Waals surface area contributed by atoms with Gasteiger partial charge >= 0.3 is 0 Å². The molecule has 2 aliphatic carbocycles. The third-order valence-electron chi connectivity index (χ3n) is 5.00. The topological polar surface area (TPSA) is 60.4 Å². The molecule has 0 aliphatic heterocycles. The highest BCUT2D eigenvalue weighted by Gasteiger charge is 2.40. The fourth-order valence-corrected chi connectivity index (χ4v) is 3.27. The first-order valence-corrected chi connectivity index (χ1v) is 8.88. The van der Waals surface area contributed by atoms with Crippen molar-refractivity contribution >= 4 is 17.1 Å². The van der Waals surface area contributed by atoms with Gasteiger partial charge < -0.3 is 15.4 Å². The van der Waals surface area contributed by atoms with Crippen molar-refractivity contribution in [3.05, 3.63) is 36.7 Å². The Hall–Kier alpha value is -1.81. The average molecular weight is 327 g/mol. The van der Waals surface area contributed by atoms with E-state index in [9.17, 15) is 5.11 Å². The van der Waals surface area contributed by atoms with Crippen LogP contribution in [-0.4, -0.2) is 27.4 Å². The highest BCUT2D eigenvalue weighted by Crippen LogP contribution is 2.39. The maximum Gasteiger partial charge on any atom is 0.0930 e. The molecule has 24 heavy (non-hydrogen) atoms. The molecule has 4 heteroatoms. The molecule has 2 fully saturated rings. The molecule has 0 saturated heterocycles. The molecule has 1 aromatic heterocycles. The Labute approximate surface area is 144 Å². The SMILES string of the molecule is C=CC(=Nc1c(C(=C)N[C@@H](C2CC2)C(C)(C)O)c[nH]c1C)C1CC1. The second-order valence-corrected chi connectivity index (χ2v) is 7.78. The standard InChI is InChI=1S/C20H29N3O/c1-6-17(14-7-8-14)23-18-13(3)21-11-16(18)12(2)22-19(15-9-10-15)20(4,5)24/h6,11,14-15,19,21-22,24H,1-2,7-10H2,3-5H3/t19-/m0/s1. The molecule has 2 aliphatic rings. The van der Waals surface area contributed by atoms with E-state index in [-0.39, 0.29) is 6.04 Å². The van der Waals surface area contributed by atoms with Crippen LogP contribution in [0, 0.1) is 18.8 Å². The lowest BCUT2D eigenvalue weighted by Gasteiger charge is -2.32. The lowest BCUT2D eigenvalue weighted by molar-refractivity contribution is 0.0357. The van der Waals surface area contributed by atoms with Gasteiger partial charge in [-0.2, -0.15) is 0 Å². The molecular formula is C20H29N3O. The number of rotatable bonds is 8. The van der Waals surface area contributed by atoms with Crippen molar-refractivity contribution in [3.63, 3.8) is 0 Å². The van der Waals surface area contributed by atoms with E-state index < -0.39 is 5.60 Å². The van der Waals surface area contributed by atoms with Crippen molar-refractivity contribution in [2.24, 2.45) is 16.8 Å². The van der Waals surface area contributed by atoms with E-state index in [1.54, 1.807) is 0 Å². The minimum atomic E-state index is -0.779. The van der Waals surface area contributed by atoms with Crippen molar-refractivity contribution < 1.29 is 5.11 Å². The number of allylic oxidation sites excluding steroid dienone is 1. The summed E-state index contributed by atoms with van der Waals surface area (Å²) >= 11 is 0. The molecule has 3 rings (SSSR count). The van der Waals surface area contributed by atoms with Gasteiger partial charge in [0.2, 0.25) is 0 Å². The summed E-state index contributed by atoms with van der Waals surface area (Å²) < 4.78 is 0. The second-order valence-electron chi connectivity index (χ2n) is 7.78. The monoisotopic (exact) mass is 327 g/mol. The zero-order valence-corrected chi connectivity index (χ0v) is 15.0. The first kappa shape index (κ1) is 17.0. The Morgan fingerprint density at radius 2 is 2.08 bits per heavy atom. The van der Waals surface area contributed by atoms with Gasteiger partial charge in [-0.05, 0) is 58.4 Å². The third-order valence-corrected chi connectivity index (χ3v) is 5.00. The van der Waals surface area contributed by atoms with Gasteiger partial charge in [0.05, 0.1) is 17.3 Å². The predicted octanol–water partition coefficient (Wildman–Crippen LogP) is 4.10. The summed E-state index contributed by atoms with van der Waals surface area (Å²) in [6.45, 7) is 13.9. The zero-order valence-electron chi connectivity index (χ0n) is 15.0. The summed E-state index contributed by atoms with van der Waals surface area (Å²) in [5.41, 5.74) is 4.03. The van der Waals surface area contributed by atoms with Crippen LogP contribution in [0.2, 0.25) is 0 Å². The Morgan fingerprint density at radius 3 is 2.58 bits per heavy atom. The predicted molar refractivity (Wildman–Crippen MR) is 101 cm³/mol. The molecule has 130 valence electrons. The Bertz CT molecular complexity index is 670. The summed E-state index contributed by atoms with van der Waals surface area (Å²) in [7, 11) is 0. The van der Waals surface area contributed by atoms with Gasteiger partial charge in [0.15, 0.2) is 0 Å². The molecular weight excluding hydrogens is 298 g/mol. The molecule has 0 amide bonds. The van der Waals surface area contributed by atoms with E-state index in [2.05, 4.69) is 23.5 Å². The van der Waals surface area contributed by atoms with Crippen molar-refractivity contribution in [2.45, 2.75) is 58.1 Å². The molecule has 3 N–H and O–H groups in total. The number of aromatic nitrogens is 1. The van der Waals surface area contributed by atoms with E-state index in [1.165, 1.54) is 12.8 Å². The second kappa shape index (κ2) is 6.25. The molecule has 0 bridgehead atoms. The van der Waals surface area contributed by atoms with E-state index in [1.807, 2.05) is 33.0 Å².